The van der Waals surface area contributed by atoms with Gasteiger partial charge in [-0.15, -0.1) is 0 Å². The molecule has 1 fully saturated rings. The van der Waals surface area contributed by atoms with Crippen LogP contribution in [0.15, 0.2) is 0 Å². The van der Waals surface area contributed by atoms with Crippen LogP contribution in [0, 0.1) is 5.41 Å². The van der Waals surface area contributed by atoms with E-state index in [1.54, 1.807) is 0 Å². The van der Waals surface area contributed by atoms with Gasteiger partial charge in [0.1, 0.15) is 0 Å². The number of aliphatic hydroxyl groups is 1. The molecule has 9 heteroatoms. The van der Waals surface area contributed by atoms with Crippen LogP contribution in [0.5, 0.6) is 0 Å². The lowest BCUT2D eigenvalue weighted by Crippen LogP contribution is -2.51. The molecule has 1 aliphatic heterocycles. The van der Waals surface area contributed by atoms with Crippen LogP contribution in [0.25, 0.3) is 0 Å². The number of hydrogen-bond acceptors (Lipinski definition) is 6. The van der Waals surface area contributed by atoms with Gasteiger partial charge in [-0.1, -0.05) is 13.8 Å². The van der Waals surface area contributed by atoms with Crippen molar-refractivity contribution in [1.29, 1.82) is 5.41 Å². The highest BCUT2D eigenvalue weighted by molar-refractivity contribution is 7.82. The second-order valence-electron chi connectivity index (χ2n) is 2.28. The first-order valence-electron chi connectivity index (χ1n) is 3.31. The van der Waals surface area contributed by atoms with Crippen molar-refractivity contribution in [2.24, 2.45) is 0 Å². The topological polar surface area (TPSA) is 103 Å². The number of hydrogen-bond donors (Lipinski definition) is 2. The van der Waals surface area contributed by atoms with Crippen molar-refractivity contribution >= 4 is 16.4 Å². The SMILES string of the molecule is CN(CCO)C(=N)N1OS(=O)(=O)O1. The lowest BCUT2D eigenvalue weighted by molar-refractivity contribution is -0.275. The fourth-order valence-electron chi connectivity index (χ4n) is 0.637. The van der Waals surface area contributed by atoms with Crippen molar-refractivity contribution in [3.8, 4) is 0 Å². The second-order valence-corrected chi connectivity index (χ2v) is 3.40. The molecule has 0 aliphatic carbocycles. The summed E-state index contributed by atoms with van der Waals surface area (Å²) in [6.45, 7) is 0.0293. The Morgan fingerprint density at radius 1 is 1.62 bits per heavy atom. The predicted octanol–water partition coefficient (Wildman–Crippen LogP) is -1.73. The molecule has 0 bridgehead atoms. The first kappa shape index (κ1) is 10.2. The van der Waals surface area contributed by atoms with E-state index in [1.165, 1.54) is 11.9 Å². The average molecular weight is 211 g/mol. The molecule has 1 saturated heterocycles. The van der Waals surface area contributed by atoms with Crippen molar-refractivity contribution in [1.82, 2.24) is 10.1 Å². The number of aliphatic hydroxyl groups excluding tert-OH is 1. The van der Waals surface area contributed by atoms with Gasteiger partial charge in [0, 0.05) is 13.6 Å². The Morgan fingerprint density at radius 3 is 2.54 bits per heavy atom. The van der Waals surface area contributed by atoms with Gasteiger partial charge in [-0.25, -0.2) is 0 Å². The van der Waals surface area contributed by atoms with E-state index in [0.29, 0.717) is 5.23 Å². The largest absolute Gasteiger partial charge is 0.446 e. The molecule has 1 heterocycles. The van der Waals surface area contributed by atoms with Crippen LogP contribution >= 0.6 is 0 Å². The van der Waals surface area contributed by atoms with E-state index in [9.17, 15) is 8.42 Å². The van der Waals surface area contributed by atoms with E-state index in [0.717, 1.165) is 0 Å². The Hall–Kier alpha value is -0.900. The van der Waals surface area contributed by atoms with Crippen LogP contribution in [0.1, 0.15) is 0 Å². The summed E-state index contributed by atoms with van der Waals surface area (Å²) < 4.78 is 28.8. The van der Waals surface area contributed by atoms with Gasteiger partial charge in [0.15, 0.2) is 0 Å². The van der Waals surface area contributed by atoms with E-state index in [2.05, 4.69) is 8.57 Å². The third kappa shape index (κ3) is 2.28. The number of likely N-dealkylation sites (N-methyl/N-ethyl adjacent to an activating group) is 1. The molecule has 0 aromatic carbocycles. The normalized spacial score (nSPS) is 19.4. The van der Waals surface area contributed by atoms with E-state index in [1.807, 2.05) is 0 Å². The zero-order valence-corrected chi connectivity index (χ0v) is 7.61. The molecule has 1 rings (SSSR count). The van der Waals surface area contributed by atoms with Gasteiger partial charge in [-0.2, -0.15) is 8.42 Å². The maximum Gasteiger partial charge on any atom is 0.446 e. The Morgan fingerprint density at radius 2 is 2.15 bits per heavy atom. The van der Waals surface area contributed by atoms with Crippen molar-refractivity contribution in [2.75, 3.05) is 20.2 Å². The second kappa shape index (κ2) is 3.46. The number of rotatable bonds is 2. The van der Waals surface area contributed by atoms with E-state index < -0.39 is 10.4 Å². The minimum absolute atomic E-state index is 0.153. The summed E-state index contributed by atoms with van der Waals surface area (Å²) in [6.07, 6.45) is 0. The van der Waals surface area contributed by atoms with Crippen molar-refractivity contribution < 1.29 is 22.1 Å². The smallest absolute Gasteiger partial charge is 0.395 e. The average Bonchev–Trinajstić information content (AvgIpc) is 1.99. The standard InChI is InChI=1S/C4H9N3O5S/c1-6(2-3-8)4(5)7-11-13(9,10)12-7/h5,8H,2-3H2,1H3. The van der Waals surface area contributed by atoms with Crippen LogP contribution < -0.4 is 0 Å². The molecule has 0 amide bonds. The predicted molar refractivity (Wildman–Crippen MR) is 40.4 cm³/mol. The molecular weight excluding hydrogens is 202 g/mol. The van der Waals surface area contributed by atoms with Gasteiger partial charge in [-0.3, -0.25) is 5.41 Å². The third-order valence-electron chi connectivity index (χ3n) is 1.29. The minimum atomic E-state index is -3.93. The summed E-state index contributed by atoms with van der Waals surface area (Å²) in [6, 6.07) is 0. The molecule has 0 aromatic rings. The van der Waals surface area contributed by atoms with Crippen LogP contribution in [-0.4, -0.2) is 49.8 Å². The molecule has 0 spiro atoms. The van der Waals surface area contributed by atoms with Crippen molar-refractivity contribution in [2.45, 2.75) is 0 Å². The van der Waals surface area contributed by atoms with Gasteiger partial charge in [0.25, 0.3) is 0 Å². The molecule has 0 radical (unpaired) electrons. The molecule has 2 N–H and O–H groups in total. The molecule has 1 aliphatic rings. The fraction of sp³-hybridized carbons (Fsp3) is 0.750. The highest BCUT2D eigenvalue weighted by Crippen LogP contribution is 2.17. The zero-order chi connectivity index (χ0) is 10.1. The van der Waals surface area contributed by atoms with Gasteiger partial charge >= 0.3 is 10.4 Å². The van der Waals surface area contributed by atoms with E-state index in [4.69, 9.17) is 10.5 Å². The first-order valence-corrected chi connectivity index (χ1v) is 4.64. The summed E-state index contributed by atoms with van der Waals surface area (Å²) >= 11 is 0. The molecule has 13 heavy (non-hydrogen) atoms. The van der Waals surface area contributed by atoms with Gasteiger partial charge in [-0.05, 0) is 0 Å². The van der Waals surface area contributed by atoms with Crippen LogP contribution in [0.3, 0.4) is 0 Å². The summed E-state index contributed by atoms with van der Waals surface area (Å²) in [5.74, 6) is -0.302. The maximum absolute atomic E-state index is 10.3. The third-order valence-corrected chi connectivity index (χ3v) is 1.92. The molecule has 0 atom stereocenters. The number of guanidine groups is 1. The summed E-state index contributed by atoms with van der Waals surface area (Å²) in [4.78, 5) is 1.26. The summed E-state index contributed by atoms with van der Waals surface area (Å²) in [5, 5.41) is 16.2. The van der Waals surface area contributed by atoms with Crippen molar-refractivity contribution in [3.63, 3.8) is 0 Å². The lowest BCUT2D eigenvalue weighted by atomic mass is 10.6. The molecule has 8 nitrogen and oxygen atoms in total. The lowest BCUT2D eigenvalue weighted by Gasteiger charge is -2.31. The summed E-state index contributed by atoms with van der Waals surface area (Å²) in [5.41, 5.74) is 0. The maximum atomic E-state index is 10.3. The van der Waals surface area contributed by atoms with Crippen LogP contribution in [0.4, 0.5) is 0 Å². The van der Waals surface area contributed by atoms with Crippen molar-refractivity contribution in [3.05, 3.63) is 0 Å². The Bertz CT molecular complexity index is 289. The highest BCUT2D eigenvalue weighted by atomic mass is 32.3. The Kier molecular flexibility index (Phi) is 2.71. The quantitative estimate of drug-likeness (QED) is 0.413. The molecule has 0 unspecified atom stereocenters. The van der Waals surface area contributed by atoms with Gasteiger partial charge in [0.05, 0.1) is 6.61 Å². The summed E-state index contributed by atoms with van der Waals surface area (Å²) in [7, 11) is -2.45. The van der Waals surface area contributed by atoms with Gasteiger partial charge < -0.3 is 10.0 Å². The van der Waals surface area contributed by atoms with Crippen LogP contribution in [0.2, 0.25) is 0 Å². The Balaban J connectivity index is 2.43. The van der Waals surface area contributed by atoms with Gasteiger partial charge in [0.2, 0.25) is 5.96 Å². The minimum Gasteiger partial charge on any atom is -0.395 e. The molecular formula is C4H9N3O5S. The molecule has 0 aromatic heterocycles. The monoisotopic (exact) mass is 211 g/mol. The molecule has 76 valence electrons. The Labute approximate surface area is 75.0 Å². The zero-order valence-electron chi connectivity index (χ0n) is 6.80. The fourth-order valence-corrected chi connectivity index (χ4v) is 1.12. The number of nitrogens with one attached hydrogen (secondary N) is 1. The van der Waals surface area contributed by atoms with Crippen LogP contribution in [-0.2, 0) is 19.0 Å². The van der Waals surface area contributed by atoms with E-state index >= 15 is 0 Å². The first-order chi connectivity index (χ1) is 5.96. The van der Waals surface area contributed by atoms with E-state index in [-0.39, 0.29) is 19.1 Å². The highest BCUT2D eigenvalue weighted by Gasteiger charge is 2.39. The number of hydroxylamine groups is 2. The molecule has 0 saturated carbocycles. The number of nitrogens with zero attached hydrogens (tertiary/aromatic N) is 2.